The van der Waals surface area contributed by atoms with E-state index >= 15 is 0 Å². The summed E-state index contributed by atoms with van der Waals surface area (Å²) in [5.41, 5.74) is 5.28. The number of rotatable bonds is 3. The third-order valence-corrected chi connectivity index (χ3v) is 4.18. The Morgan fingerprint density at radius 3 is 2.71 bits per heavy atom. The van der Waals surface area contributed by atoms with Gasteiger partial charge in [-0.1, -0.05) is 0 Å². The number of aromatic nitrogens is 4. The van der Waals surface area contributed by atoms with Crippen LogP contribution in [0.1, 0.15) is 17.7 Å². The number of hydrogen-bond donors (Lipinski definition) is 3. The Hall–Kier alpha value is -2.36. The van der Waals surface area contributed by atoms with Crippen molar-refractivity contribution in [1.82, 2.24) is 25.5 Å². The molecule has 3 rings (SSSR count). The van der Waals surface area contributed by atoms with Crippen LogP contribution in [0.15, 0.2) is 6.07 Å². The van der Waals surface area contributed by atoms with Gasteiger partial charge in [-0.2, -0.15) is 23.3 Å². The number of aromatic amines is 1. The minimum absolute atomic E-state index is 0.0120. The Labute approximate surface area is 136 Å². The van der Waals surface area contributed by atoms with E-state index in [9.17, 15) is 13.2 Å². The maximum atomic E-state index is 12.9. The number of nitrogens with two attached hydrogens (primary N) is 1. The predicted molar refractivity (Wildman–Crippen MR) is 83.4 cm³/mol. The third kappa shape index (κ3) is 3.01. The van der Waals surface area contributed by atoms with E-state index in [1.54, 1.807) is 6.07 Å². The highest BCUT2D eigenvalue weighted by Crippen LogP contribution is 2.34. The summed E-state index contributed by atoms with van der Waals surface area (Å²) in [6, 6.07) is 1.98. The van der Waals surface area contributed by atoms with E-state index in [1.165, 1.54) is 6.92 Å². The lowest BCUT2D eigenvalue weighted by Crippen LogP contribution is -2.30. The summed E-state index contributed by atoms with van der Waals surface area (Å²) in [6.45, 7) is 2.89. The fourth-order valence-corrected chi connectivity index (χ4v) is 2.87. The Bertz CT molecular complexity index is 740. The molecular formula is C14H18F3N7. The highest BCUT2D eigenvalue weighted by Gasteiger charge is 2.37. The van der Waals surface area contributed by atoms with Crippen LogP contribution < -0.4 is 16.0 Å². The molecule has 0 aliphatic carbocycles. The van der Waals surface area contributed by atoms with Gasteiger partial charge in [0.1, 0.15) is 5.82 Å². The molecule has 1 aliphatic rings. The van der Waals surface area contributed by atoms with Gasteiger partial charge in [0, 0.05) is 30.8 Å². The van der Waals surface area contributed by atoms with Crippen molar-refractivity contribution in [2.75, 3.05) is 30.8 Å². The number of nitrogens with one attached hydrogen (secondary N) is 2. The van der Waals surface area contributed by atoms with Gasteiger partial charge in [-0.05, 0) is 20.4 Å². The first kappa shape index (κ1) is 16.5. The predicted octanol–water partition coefficient (Wildman–Crippen LogP) is 1.57. The lowest BCUT2D eigenvalue weighted by molar-refractivity contribution is -0.141. The summed E-state index contributed by atoms with van der Waals surface area (Å²) in [5.74, 6) is 0.607. The zero-order valence-electron chi connectivity index (χ0n) is 13.3. The summed E-state index contributed by atoms with van der Waals surface area (Å²) >= 11 is 0. The molecule has 7 nitrogen and oxygen atoms in total. The van der Waals surface area contributed by atoms with E-state index in [0.29, 0.717) is 17.6 Å². The monoisotopic (exact) mass is 341 g/mol. The van der Waals surface area contributed by atoms with E-state index in [4.69, 9.17) is 5.73 Å². The molecule has 2 aromatic rings. The van der Waals surface area contributed by atoms with E-state index < -0.39 is 11.9 Å². The van der Waals surface area contributed by atoms with Gasteiger partial charge < -0.3 is 16.0 Å². The van der Waals surface area contributed by atoms with E-state index in [0.717, 1.165) is 19.5 Å². The molecule has 10 heteroatoms. The van der Waals surface area contributed by atoms with Crippen LogP contribution in [-0.2, 0) is 6.18 Å². The van der Waals surface area contributed by atoms with Crippen molar-refractivity contribution in [2.24, 2.45) is 0 Å². The molecule has 0 bridgehead atoms. The molecule has 0 unspecified atom stereocenters. The lowest BCUT2D eigenvalue weighted by Gasteiger charge is -2.18. The molecule has 1 aliphatic heterocycles. The van der Waals surface area contributed by atoms with Gasteiger partial charge in [-0.15, -0.1) is 0 Å². The van der Waals surface area contributed by atoms with E-state index in [-0.39, 0.29) is 17.2 Å². The topological polar surface area (TPSA) is 95.8 Å². The van der Waals surface area contributed by atoms with Crippen LogP contribution in [0.25, 0.3) is 11.4 Å². The number of anilines is 2. The standard InChI is InChI=1S/C14H18F3N7/c1-7-11(22-23-12(7)14(15,16)17)9-5-10(21-13(18)20-9)24-4-3-8(6-24)19-2/h5,8,19H,3-4,6H2,1-2H3,(H,22,23)(H2,18,20,21)/t8-/m1/s1. The van der Waals surface area contributed by atoms with Gasteiger partial charge in [0.05, 0.1) is 11.4 Å². The summed E-state index contributed by atoms with van der Waals surface area (Å²) in [7, 11) is 1.89. The van der Waals surface area contributed by atoms with Crippen molar-refractivity contribution in [3.05, 3.63) is 17.3 Å². The average Bonchev–Trinajstić information content (AvgIpc) is 3.12. The Morgan fingerprint density at radius 2 is 2.12 bits per heavy atom. The molecule has 4 N–H and O–H groups in total. The van der Waals surface area contributed by atoms with Crippen LogP contribution in [0.5, 0.6) is 0 Å². The fourth-order valence-electron chi connectivity index (χ4n) is 2.87. The first-order valence-corrected chi connectivity index (χ1v) is 7.49. The average molecular weight is 341 g/mol. The molecule has 0 amide bonds. The van der Waals surface area contributed by atoms with Crippen LogP contribution >= 0.6 is 0 Å². The van der Waals surface area contributed by atoms with Crippen molar-refractivity contribution >= 4 is 11.8 Å². The van der Waals surface area contributed by atoms with Gasteiger partial charge in [0.2, 0.25) is 5.95 Å². The SMILES string of the molecule is CN[C@@H]1CCN(c2cc(-c3[nH]nc(C(F)(F)F)c3C)nc(N)n2)C1. The maximum absolute atomic E-state index is 12.9. The molecule has 3 heterocycles. The van der Waals surface area contributed by atoms with Crippen molar-refractivity contribution in [3.63, 3.8) is 0 Å². The zero-order valence-corrected chi connectivity index (χ0v) is 13.3. The Kier molecular flexibility index (Phi) is 4.08. The van der Waals surface area contributed by atoms with Gasteiger partial charge in [-0.3, -0.25) is 5.10 Å². The Morgan fingerprint density at radius 1 is 1.38 bits per heavy atom. The number of H-pyrrole nitrogens is 1. The second-order valence-electron chi connectivity index (χ2n) is 5.76. The van der Waals surface area contributed by atoms with Crippen molar-refractivity contribution in [2.45, 2.75) is 25.6 Å². The summed E-state index contributed by atoms with van der Waals surface area (Å²) in [6.07, 6.45) is -3.56. The molecule has 1 fully saturated rings. The number of halogens is 3. The maximum Gasteiger partial charge on any atom is 0.435 e. The molecule has 130 valence electrons. The number of nitrogens with zero attached hydrogens (tertiary/aromatic N) is 4. The van der Waals surface area contributed by atoms with Crippen molar-refractivity contribution < 1.29 is 13.2 Å². The minimum Gasteiger partial charge on any atom is -0.368 e. The van der Waals surface area contributed by atoms with Gasteiger partial charge in [-0.25, -0.2) is 4.98 Å². The van der Waals surface area contributed by atoms with Crippen LogP contribution in [0, 0.1) is 6.92 Å². The lowest BCUT2D eigenvalue weighted by atomic mass is 10.1. The second kappa shape index (κ2) is 5.93. The van der Waals surface area contributed by atoms with Crippen LogP contribution in [0.2, 0.25) is 0 Å². The number of alkyl halides is 3. The number of likely N-dealkylation sites (N-methyl/N-ethyl adjacent to an activating group) is 1. The van der Waals surface area contributed by atoms with Crippen molar-refractivity contribution in [1.29, 1.82) is 0 Å². The molecule has 1 atom stereocenters. The number of hydrogen-bond acceptors (Lipinski definition) is 6. The molecule has 0 radical (unpaired) electrons. The van der Waals surface area contributed by atoms with Gasteiger partial charge in [0.15, 0.2) is 5.69 Å². The second-order valence-corrected chi connectivity index (χ2v) is 5.76. The van der Waals surface area contributed by atoms with Crippen LogP contribution in [-0.4, -0.2) is 46.3 Å². The van der Waals surface area contributed by atoms with E-state index in [2.05, 4.69) is 25.5 Å². The highest BCUT2D eigenvalue weighted by atomic mass is 19.4. The number of nitrogen functional groups attached to an aromatic ring is 1. The molecule has 1 saturated heterocycles. The summed E-state index contributed by atoms with van der Waals surface area (Å²) < 4.78 is 38.7. The normalized spacial score (nSPS) is 18.4. The fraction of sp³-hybridized carbons (Fsp3) is 0.500. The van der Waals surface area contributed by atoms with E-state index in [1.807, 2.05) is 11.9 Å². The quantitative estimate of drug-likeness (QED) is 0.784. The third-order valence-electron chi connectivity index (χ3n) is 4.18. The molecule has 0 saturated carbocycles. The van der Waals surface area contributed by atoms with Crippen LogP contribution in [0.3, 0.4) is 0 Å². The molecule has 0 aromatic carbocycles. The molecular weight excluding hydrogens is 323 g/mol. The zero-order chi connectivity index (χ0) is 17.5. The smallest absolute Gasteiger partial charge is 0.368 e. The van der Waals surface area contributed by atoms with Gasteiger partial charge in [0.25, 0.3) is 0 Å². The summed E-state index contributed by atoms with van der Waals surface area (Å²) in [5, 5.41) is 8.98. The van der Waals surface area contributed by atoms with Gasteiger partial charge >= 0.3 is 6.18 Å². The van der Waals surface area contributed by atoms with Crippen molar-refractivity contribution in [3.8, 4) is 11.4 Å². The largest absolute Gasteiger partial charge is 0.435 e. The summed E-state index contributed by atoms with van der Waals surface area (Å²) in [4.78, 5) is 10.3. The molecule has 2 aromatic heterocycles. The molecule has 24 heavy (non-hydrogen) atoms. The van der Waals surface area contributed by atoms with Crippen LogP contribution in [0.4, 0.5) is 24.9 Å². The highest BCUT2D eigenvalue weighted by molar-refractivity contribution is 5.65. The first-order chi connectivity index (χ1) is 11.3. The first-order valence-electron chi connectivity index (χ1n) is 7.49. The molecule has 0 spiro atoms. The Balaban J connectivity index is 1.97. The minimum atomic E-state index is -4.52.